The predicted octanol–water partition coefficient (Wildman–Crippen LogP) is 1.11. The number of carbonyl (C=O) groups excluding carboxylic acids is 1. The maximum atomic E-state index is 11.8. The normalized spacial score (nSPS) is 30.4. The molecule has 2 aliphatic rings. The van der Waals surface area contributed by atoms with Crippen LogP contribution in [0.1, 0.15) is 32.6 Å². The van der Waals surface area contributed by atoms with Crippen LogP contribution in [0.5, 0.6) is 0 Å². The van der Waals surface area contributed by atoms with Crippen LogP contribution >= 0.6 is 12.4 Å². The Hall–Kier alpha value is -0.360. The summed E-state index contributed by atoms with van der Waals surface area (Å²) in [6, 6.07) is 0. The van der Waals surface area contributed by atoms with E-state index >= 15 is 0 Å². The number of hydrogen-bond donors (Lipinski definition) is 2. The number of halogens is 1. The summed E-state index contributed by atoms with van der Waals surface area (Å²) in [6.07, 6.45) is 5.04. The van der Waals surface area contributed by atoms with Crippen molar-refractivity contribution in [2.24, 2.45) is 5.92 Å². The Kier molecular flexibility index (Phi) is 8.45. The molecule has 1 amide bonds. The minimum absolute atomic E-state index is 0. The zero-order valence-corrected chi connectivity index (χ0v) is 13.0. The zero-order chi connectivity index (χ0) is 13.5. The Labute approximate surface area is 127 Å². The molecule has 20 heavy (non-hydrogen) atoms. The maximum Gasteiger partial charge on any atom is 0.250 e. The summed E-state index contributed by atoms with van der Waals surface area (Å²) >= 11 is 0. The molecule has 0 aromatic heterocycles. The predicted molar refractivity (Wildman–Crippen MR) is 80.2 cm³/mol. The number of morpholine rings is 1. The van der Waals surface area contributed by atoms with Crippen LogP contribution in [0.2, 0.25) is 0 Å². The first-order valence-electron chi connectivity index (χ1n) is 7.49. The van der Waals surface area contributed by atoms with Crippen LogP contribution in [0.4, 0.5) is 0 Å². The molecule has 0 aromatic rings. The summed E-state index contributed by atoms with van der Waals surface area (Å²) in [5.41, 5.74) is 0. The molecule has 3 unspecified atom stereocenters. The third-order valence-corrected chi connectivity index (χ3v) is 3.99. The Morgan fingerprint density at radius 2 is 2.20 bits per heavy atom. The first-order valence-corrected chi connectivity index (χ1v) is 7.49. The van der Waals surface area contributed by atoms with Crippen molar-refractivity contribution in [1.82, 2.24) is 10.6 Å². The van der Waals surface area contributed by atoms with Gasteiger partial charge in [-0.3, -0.25) is 4.79 Å². The van der Waals surface area contributed by atoms with E-state index in [0.717, 1.165) is 13.0 Å². The monoisotopic (exact) mass is 306 g/mol. The highest BCUT2D eigenvalue weighted by Crippen LogP contribution is 2.25. The lowest BCUT2D eigenvalue weighted by atomic mass is 9.88. The van der Waals surface area contributed by atoms with Crippen LogP contribution in [-0.4, -0.2) is 51.0 Å². The summed E-state index contributed by atoms with van der Waals surface area (Å²) in [6.45, 7) is 5.46. The highest BCUT2D eigenvalue weighted by atomic mass is 35.5. The van der Waals surface area contributed by atoms with Gasteiger partial charge in [0.05, 0.1) is 19.3 Å². The van der Waals surface area contributed by atoms with Crippen LogP contribution in [-0.2, 0) is 14.3 Å². The lowest BCUT2D eigenvalue weighted by Gasteiger charge is -2.29. The third-order valence-electron chi connectivity index (χ3n) is 3.99. The first-order chi connectivity index (χ1) is 9.27. The molecule has 0 bridgehead atoms. The third kappa shape index (κ3) is 5.56. The average Bonchev–Trinajstić information content (AvgIpc) is 2.46. The van der Waals surface area contributed by atoms with Crippen LogP contribution in [0.3, 0.4) is 0 Å². The molecule has 3 atom stereocenters. The van der Waals surface area contributed by atoms with E-state index in [1.54, 1.807) is 0 Å². The van der Waals surface area contributed by atoms with E-state index in [0.29, 0.717) is 38.3 Å². The fourth-order valence-electron chi connectivity index (χ4n) is 2.76. The number of carbonyl (C=O) groups is 1. The molecule has 1 aliphatic carbocycles. The van der Waals surface area contributed by atoms with Gasteiger partial charge < -0.3 is 20.1 Å². The smallest absolute Gasteiger partial charge is 0.250 e. The van der Waals surface area contributed by atoms with E-state index in [2.05, 4.69) is 17.6 Å². The summed E-state index contributed by atoms with van der Waals surface area (Å²) in [7, 11) is 0. The minimum Gasteiger partial charge on any atom is -0.376 e. The lowest BCUT2D eigenvalue weighted by molar-refractivity contribution is -0.134. The van der Waals surface area contributed by atoms with Gasteiger partial charge in [-0.2, -0.15) is 0 Å². The van der Waals surface area contributed by atoms with Crippen molar-refractivity contribution in [3.8, 4) is 0 Å². The van der Waals surface area contributed by atoms with Gasteiger partial charge in [0, 0.05) is 19.6 Å². The number of rotatable bonds is 5. The molecule has 1 saturated carbocycles. The summed E-state index contributed by atoms with van der Waals surface area (Å²) in [5, 5.41) is 6.02. The topological polar surface area (TPSA) is 59.6 Å². The number of nitrogens with one attached hydrogen (secondary N) is 2. The Bertz CT molecular complexity index is 286. The van der Waals surface area contributed by atoms with Crippen molar-refractivity contribution in [3.63, 3.8) is 0 Å². The molecule has 2 N–H and O–H groups in total. The van der Waals surface area contributed by atoms with Crippen LogP contribution < -0.4 is 10.6 Å². The molecule has 118 valence electrons. The van der Waals surface area contributed by atoms with Crippen LogP contribution in [0.25, 0.3) is 0 Å². The SMILES string of the molecule is CC1CCCCC1OCCNC(=O)C1CNCCO1.Cl. The van der Waals surface area contributed by atoms with E-state index in [1.807, 2.05) is 0 Å². The molecular weight excluding hydrogens is 280 g/mol. The van der Waals surface area contributed by atoms with Gasteiger partial charge in [-0.25, -0.2) is 0 Å². The van der Waals surface area contributed by atoms with Crippen LogP contribution in [0.15, 0.2) is 0 Å². The molecule has 0 aromatic carbocycles. The molecule has 6 heteroatoms. The fourth-order valence-corrected chi connectivity index (χ4v) is 2.76. The van der Waals surface area contributed by atoms with Crippen molar-refractivity contribution in [1.29, 1.82) is 0 Å². The van der Waals surface area contributed by atoms with E-state index in [-0.39, 0.29) is 24.4 Å². The van der Waals surface area contributed by atoms with Gasteiger partial charge in [0.1, 0.15) is 6.10 Å². The standard InChI is InChI=1S/C14H26N2O3.ClH/c1-11-4-2-3-5-12(11)18-9-7-16-14(17)13-10-15-6-8-19-13;/h11-13,15H,2-10H2,1H3,(H,16,17);1H. The second-order valence-corrected chi connectivity index (χ2v) is 5.53. The Morgan fingerprint density at radius 1 is 1.40 bits per heavy atom. The van der Waals surface area contributed by atoms with Gasteiger partial charge in [-0.1, -0.05) is 19.8 Å². The van der Waals surface area contributed by atoms with Crippen LogP contribution in [0, 0.1) is 5.92 Å². The molecule has 1 saturated heterocycles. The summed E-state index contributed by atoms with van der Waals surface area (Å²) in [5.74, 6) is 0.614. The van der Waals surface area contributed by atoms with E-state index in [1.165, 1.54) is 19.3 Å². The Morgan fingerprint density at radius 3 is 2.90 bits per heavy atom. The average molecular weight is 307 g/mol. The minimum atomic E-state index is -0.345. The largest absolute Gasteiger partial charge is 0.376 e. The number of hydrogen-bond acceptors (Lipinski definition) is 4. The molecule has 1 aliphatic heterocycles. The van der Waals surface area contributed by atoms with Crippen molar-refractivity contribution in [3.05, 3.63) is 0 Å². The summed E-state index contributed by atoms with van der Waals surface area (Å²) < 4.78 is 11.3. The second kappa shape index (κ2) is 9.55. The molecule has 2 rings (SSSR count). The number of amides is 1. The van der Waals surface area contributed by atoms with E-state index in [4.69, 9.17) is 9.47 Å². The highest BCUT2D eigenvalue weighted by Gasteiger charge is 2.23. The van der Waals surface area contributed by atoms with Crippen molar-refractivity contribution in [2.75, 3.05) is 32.8 Å². The molecule has 0 radical (unpaired) electrons. The second-order valence-electron chi connectivity index (χ2n) is 5.53. The van der Waals surface area contributed by atoms with Crippen molar-refractivity contribution in [2.45, 2.75) is 44.8 Å². The quantitative estimate of drug-likeness (QED) is 0.747. The lowest BCUT2D eigenvalue weighted by Crippen LogP contribution is -2.48. The molecule has 5 nitrogen and oxygen atoms in total. The van der Waals surface area contributed by atoms with Gasteiger partial charge in [0.25, 0.3) is 5.91 Å². The highest BCUT2D eigenvalue weighted by molar-refractivity contribution is 5.85. The van der Waals surface area contributed by atoms with E-state index < -0.39 is 0 Å². The van der Waals surface area contributed by atoms with E-state index in [9.17, 15) is 4.79 Å². The van der Waals surface area contributed by atoms with Gasteiger partial charge in [0.2, 0.25) is 0 Å². The zero-order valence-electron chi connectivity index (χ0n) is 12.2. The van der Waals surface area contributed by atoms with Crippen molar-refractivity contribution >= 4 is 18.3 Å². The fraction of sp³-hybridized carbons (Fsp3) is 0.929. The van der Waals surface area contributed by atoms with Gasteiger partial charge >= 0.3 is 0 Å². The number of ether oxygens (including phenoxy) is 2. The van der Waals surface area contributed by atoms with Gasteiger partial charge in [-0.05, 0) is 18.8 Å². The summed E-state index contributed by atoms with van der Waals surface area (Å²) in [4.78, 5) is 11.8. The van der Waals surface area contributed by atoms with Gasteiger partial charge in [-0.15, -0.1) is 12.4 Å². The van der Waals surface area contributed by atoms with Gasteiger partial charge in [0.15, 0.2) is 0 Å². The molecule has 1 heterocycles. The first kappa shape index (κ1) is 17.7. The molecular formula is C14H27ClN2O3. The van der Waals surface area contributed by atoms with Crippen molar-refractivity contribution < 1.29 is 14.3 Å². The molecule has 0 spiro atoms. The molecule has 2 fully saturated rings. The maximum absolute atomic E-state index is 11.8. The Balaban J connectivity index is 0.00000200.